The molecule has 0 radical (unpaired) electrons. The van der Waals surface area contributed by atoms with Gasteiger partial charge < -0.3 is 5.11 Å². The summed E-state index contributed by atoms with van der Waals surface area (Å²) in [6.07, 6.45) is 3.86. The minimum atomic E-state index is -2.41. The standard InChI is InChI=1S/C28H32OSi/c1-23(22-25(29)21-20-24-14-8-5-9-15-24)30(28(2,3)4,26-16-10-6-11-17-26)27-18-12-7-13-19-27/h5-21,25,29H,1,22H2,2-4H3/b21-20+. The number of benzene rings is 3. The van der Waals surface area contributed by atoms with Crippen LogP contribution in [0.4, 0.5) is 0 Å². The first-order chi connectivity index (χ1) is 14.4. The van der Waals surface area contributed by atoms with Crippen molar-refractivity contribution in [1.29, 1.82) is 0 Å². The fourth-order valence-corrected chi connectivity index (χ4v) is 10.5. The maximum atomic E-state index is 10.9. The summed E-state index contributed by atoms with van der Waals surface area (Å²) >= 11 is 0. The maximum Gasteiger partial charge on any atom is 0.149 e. The van der Waals surface area contributed by atoms with Gasteiger partial charge in [0.2, 0.25) is 0 Å². The van der Waals surface area contributed by atoms with Gasteiger partial charge in [-0.1, -0.05) is 129 Å². The topological polar surface area (TPSA) is 20.2 Å². The van der Waals surface area contributed by atoms with Crippen LogP contribution in [0.1, 0.15) is 32.8 Å². The van der Waals surface area contributed by atoms with E-state index in [1.165, 1.54) is 10.4 Å². The van der Waals surface area contributed by atoms with Crippen molar-refractivity contribution >= 4 is 24.5 Å². The molecular formula is C28H32OSi. The highest BCUT2D eigenvalue weighted by atomic mass is 28.3. The second kappa shape index (κ2) is 9.42. The predicted octanol–water partition coefficient (Wildman–Crippen LogP) is 5.61. The van der Waals surface area contributed by atoms with Crippen molar-refractivity contribution in [3.63, 3.8) is 0 Å². The fourth-order valence-electron chi connectivity index (χ4n) is 4.61. The Morgan fingerprint density at radius 1 is 0.833 bits per heavy atom. The van der Waals surface area contributed by atoms with E-state index in [4.69, 9.17) is 0 Å². The molecule has 0 heterocycles. The molecule has 0 saturated carbocycles. The third-order valence-electron chi connectivity index (χ3n) is 5.83. The van der Waals surface area contributed by atoms with Crippen LogP contribution < -0.4 is 10.4 Å². The van der Waals surface area contributed by atoms with Gasteiger partial charge in [-0.3, -0.25) is 0 Å². The van der Waals surface area contributed by atoms with Crippen LogP contribution in [0.2, 0.25) is 5.04 Å². The Hall–Kier alpha value is -2.68. The van der Waals surface area contributed by atoms with E-state index in [9.17, 15) is 5.11 Å². The van der Waals surface area contributed by atoms with E-state index >= 15 is 0 Å². The van der Waals surface area contributed by atoms with Crippen molar-refractivity contribution < 1.29 is 5.11 Å². The second-order valence-electron chi connectivity index (χ2n) is 8.88. The number of aliphatic hydroxyl groups excluding tert-OH is 1. The van der Waals surface area contributed by atoms with Gasteiger partial charge in [-0.2, -0.15) is 0 Å². The van der Waals surface area contributed by atoms with E-state index < -0.39 is 14.2 Å². The highest BCUT2D eigenvalue weighted by Crippen LogP contribution is 2.41. The molecule has 0 fully saturated rings. The minimum Gasteiger partial charge on any atom is -0.389 e. The lowest BCUT2D eigenvalue weighted by Gasteiger charge is -2.46. The Bertz CT molecular complexity index is 930. The van der Waals surface area contributed by atoms with Gasteiger partial charge in [-0.25, -0.2) is 0 Å². The van der Waals surface area contributed by atoms with Crippen LogP contribution in [0.15, 0.2) is 109 Å². The predicted molar refractivity (Wildman–Crippen MR) is 133 cm³/mol. The lowest BCUT2D eigenvalue weighted by atomic mass is 10.1. The van der Waals surface area contributed by atoms with Crippen LogP contribution >= 0.6 is 0 Å². The van der Waals surface area contributed by atoms with Crippen LogP contribution in [-0.4, -0.2) is 19.3 Å². The molecule has 3 aromatic rings. The largest absolute Gasteiger partial charge is 0.389 e. The number of rotatable bonds is 7. The molecule has 1 N–H and O–H groups in total. The maximum absolute atomic E-state index is 10.9. The van der Waals surface area contributed by atoms with Gasteiger partial charge in [0.25, 0.3) is 0 Å². The second-order valence-corrected chi connectivity index (χ2v) is 13.7. The zero-order valence-corrected chi connectivity index (χ0v) is 19.3. The van der Waals surface area contributed by atoms with Crippen LogP contribution in [0, 0.1) is 0 Å². The first kappa shape index (κ1) is 22.0. The van der Waals surface area contributed by atoms with Crippen molar-refractivity contribution in [3.05, 3.63) is 114 Å². The summed E-state index contributed by atoms with van der Waals surface area (Å²) in [5.74, 6) is 0. The van der Waals surface area contributed by atoms with Crippen LogP contribution in [0.25, 0.3) is 6.08 Å². The zero-order valence-electron chi connectivity index (χ0n) is 18.3. The molecule has 0 aliphatic heterocycles. The number of hydrogen-bond acceptors (Lipinski definition) is 1. The molecule has 30 heavy (non-hydrogen) atoms. The average Bonchev–Trinajstić information content (AvgIpc) is 2.74. The first-order valence-electron chi connectivity index (χ1n) is 10.6. The third kappa shape index (κ3) is 4.56. The normalized spacial score (nSPS) is 13.3. The smallest absolute Gasteiger partial charge is 0.149 e. The highest BCUT2D eigenvalue weighted by molar-refractivity contribution is 7.09. The zero-order chi connectivity index (χ0) is 21.6. The van der Waals surface area contributed by atoms with E-state index in [-0.39, 0.29) is 5.04 Å². The molecule has 0 saturated heterocycles. The lowest BCUT2D eigenvalue weighted by Crippen LogP contribution is -2.66. The molecule has 2 heteroatoms. The molecule has 154 valence electrons. The molecule has 0 bridgehead atoms. The SMILES string of the molecule is C=C(CC(O)/C=C/c1ccccc1)[Si](c1ccccc1)(c1ccccc1)C(C)(C)C. The summed E-state index contributed by atoms with van der Waals surface area (Å²) in [7, 11) is -2.41. The van der Waals surface area contributed by atoms with Gasteiger partial charge in [0.1, 0.15) is 8.07 Å². The minimum absolute atomic E-state index is 0.00431. The summed E-state index contributed by atoms with van der Waals surface area (Å²) in [5, 5.41) is 14.7. The monoisotopic (exact) mass is 412 g/mol. The van der Waals surface area contributed by atoms with Gasteiger partial charge >= 0.3 is 0 Å². The molecular weight excluding hydrogens is 380 g/mol. The summed E-state index contributed by atoms with van der Waals surface area (Å²) in [6.45, 7) is 11.6. The van der Waals surface area contributed by atoms with E-state index in [1.807, 2.05) is 42.5 Å². The van der Waals surface area contributed by atoms with Crippen LogP contribution in [0.5, 0.6) is 0 Å². The molecule has 1 atom stereocenters. The Kier molecular flexibility index (Phi) is 6.91. The molecule has 0 amide bonds. The Morgan fingerprint density at radius 2 is 1.27 bits per heavy atom. The third-order valence-corrected chi connectivity index (χ3v) is 11.7. The van der Waals surface area contributed by atoms with Crippen molar-refractivity contribution in [2.24, 2.45) is 0 Å². The van der Waals surface area contributed by atoms with Crippen LogP contribution in [0.3, 0.4) is 0 Å². The van der Waals surface area contributed by atoms with Crippen molar-refractivity contribution in [3.8, 4) is 0 Å². The number of hydrogen-bond donors (Lipinski definition) is 1. The van der Waals surface area contributed by atoms with Gasteiger partial charge in [-0.15, -0.1) is 6.58 Å². The Morgan fingerprint density at radius 3 is 1.70 bits per heavy atom. The van der Waals surface area contributed by atoms with E-state index in [0.717, 1.165) is 10.8 Å². The summed E-state index contributed by atoms with van der Waals surface area (Å²) in [6, 6.07) is 31.6. The van der Waals surface area contributed by atoms with Gasteiger partial charge in [0.05, 0.1) is 6.10 Å². The average molecular weight is 413 g/mol. The van der Waals surface area contributed by atoms with Crippen molar-refractivity contribution in [2.75, 3.05) is 0 Å². The van der Waals surface area contributed by atoms with Crippen LogP contribution in [-0.2, 0) is 0 Å². The molecule has 0 aromatic heterocycles. The lowest BCUT2D eigenvalue weighted by molar-refractivity contribution is 0.226. The molecule has 3 aromatic carbocycles. The summed E-state index contributed by atoms with van der Waals surface area (Å²) in [4.78, 5) is 0. The fraction of sp³-hybridized carbons (Fsp3) is 0.214. The first-order valence-corrected chi connectivity index (χ1v) is 12.6. The quantitative estimate of drug-likeness (QED) is 0.500. The Labute approximate surface area is 182 Å². The molecule has 1 unspecified atom stereocenters. The summed E-state index contributed by atoms with van der Waals surface area (Å²) in [5.41, 5.74) is 1.09. The highest BCUT2D eigenvalue weighted by Gasteiger charge is 2.49. The molecule has 0 aliphatic rings. The molecule has 3 rings (SSSR count). The van der Waals surface area contributed by atoms with E-state index in [2.05, 4.69) is 88.0 Å². The Balaban J connectivity index is 2.02. The van der Waals surface area contributed by atoms with Gasteiger partial charge in [0, 0.05) is 0 Å². The number of aliphatic hydroxyl groups is 1. The molecule has 0 spiro atoms. The molecule has 0 aliphatic carbocycles. The molecule has 1 nitrogen and oxygen atoms in total. The van der Waals surface area contributed by atoms with Gasteiger partial charge in [-0.05, 0) is 27.4 Å². The van der Waals surface area contributed by atoms with E-state index in [0.29, 0.717) is 6.42 Å². The van der Waals surface area contributed by atoms with E-state index in [1.54, 1.807) is 0 Å². The van der Waals surface area contributed by atoms with Gasteiger partial charge in [0.15, 0.2) is 0 Å². The summed E-state index contributed by atoms with van der Waals surface area (Å²) < 4.78 is 0. The van der Waals surface area contributed by atoms with Crippen molar-refractivity contribution in [1.82, 2.24) is 0 Å². The van der Waals surface area contributed by atoms with Crippen molar-refractivity contribution in [2.45, 2.75) is 38.3 Å².